The summed E-state index contributed by atoms with van der Waals surface area (Å²) in [4.78, 5) is 16.4. The predicted octanol–water partition coefficient (Wildman–Crippen LogP) is 2.44. The number of amides is 1. The number of anilines is 1. The van der Waals surface area contributed by atoms with Crippen molar-refractivity contribution >= 4 is 11.7 Å². The highest BCUT2D eigenvalue weighted by molar-refractivity contribution is 5.94. The molecule has 2 aromatic heterocycles. The molecular formula is C15H20N4O2. The molecule has 2 rings (SSSR count). The van der Waals surface area contributed by atoms with Gasteiger partial charge in [-0.2, -0.15) is 0 Å². The Balaban J connectivity index is 2.00. The lowest BCUT2D eigenvalue weighted by Gasteiger charge is -2.07. The van der Waals surface area contributed by atoms with Crippen LogP contribution in [0.3, 0.4) is 0 Å². The first-order valence-electron chi connectivity index (χ1n) is 7.01. The van der Waals surface area contributed by atoms with E-state index in [9.17, 15) is 4.79 Å². The Morgan fingerprint density at radius 2 is 2.19 bits per heavy atom. The Labute approximate surface area is 123 Å². The van der Waals surface area contributed by atoms with Crippen molar-refractivity contribution in [1.29, 1.82) is 0 Å². The van der Waals surface area contributed by atoms with E-state index >= 15 is 0 Å². The monoisotopic (exact) mass is 288 g/mol. The highest BCUT2D eigenvalue weighted by Crippen LogP contribution is 2.12. The summed E-state index contributed by atoms with van der Waals surface area (Å²) >= 11 is 0. The molecule has 6 heteroatoms. The smallest absolute Gasteiger partial charge is 0.251 e. The highest BCUT2D eigenvalue weighted by atomic mass is 16.5. The standard InChI is InChI=1S/C15H20N4O2/c1-4-6-16-14-8-12(5-7-17-14)15(20)18-9-13-10(2)19-21-11(13)3/h5,7-8H,4,6,9H2,1-3H3,(H,16,17)(H,18,20). The summed E-state index contributed by atoms with van der Waals surface area (Å²) in [6.07, 6.45) is 2.63. The van der Waals surface area contributed by atoms with Gasteiger partial charge in [-0.3, -0.25) is 4.79 Å². The average Bonchev–Trinajstić information content (AvgIpc) is 2.82. The lowest BCUT2D eigenvalue weighted by Crippen LogP contribution is -2.23. The molecule has 0 aliphatic heterocycles. The second-order valence-corrected chi connectivity index (χ2v) is 4.84. The van der Waals surface area contributed by atoms with Crippen molar-refractivity contribution in [2.45, 2.75) is 33.7 Å². The highest BCUT2D eigenvalue weighted by Gasteiger charge is 2.11. The van der Waals surface area contributed by atoms with Crippen LogP contribution in [0.15, 0.2) is 22.9 Å². The van der Waals surface area contributed by atoms with Crippen LogP contribution in [0.2, 0.25) is 0 Å². The fourth-order valence-electron chi connectivity index (χ4n) is 1.95. The molecule has 0 unspecified atom stereocenters. The third-order valence-corrected chi connectivity index (χ3v) is 3.19. The summed E-state index contributed by atoms with van der Waals surface area (Å²) < 4.78 is 5.08. The number of hydrogen-bond acceptors (Lipinski definition) is 5. The quantitative estimate of drug-likeness (QED) is 0.853. The fourth-order valence-corrected chi connectivity index (χ4v) is 1.95. The van der Waals surface area contributed by atoms with Crippen LogP contribution in [0.1, 0.15) is 40.7 Å². The average molecular weight is 288 g/mol. The summed E-state index contributed by atoms with van der Waals surface area (Å²) in [5, 5.41) is 9.90. The maximum absolute atomic E-state index is 12.2. The number of aromatic nitrogens is 2. The van der Waals surface area contributed by atoms with Crippen molar-refractivity contribution in [2.24, 2.45) is 0 Å². The molecule has 2 aromatic rings. The topological polar surface area (TPSA) is 80.0 Å². The number of carbonyl (C=O) groups excluding carboxylic acids is 1. The normalized spacial score (nSPS) is 10.4. The van der Waals surface area contributed by atoms with Crippen LogP contribution >= 0.6 is 0 Å². The lowest BCUT2D eigenvalue weighted by molar-refractivity contribution is 0.0950. The van der Waals surface area contributed by atoms with Gasteiger partial charge in [0.1, 0.15) is 11.6 Å². The van der Waals surface area contributed by atoms with Gasteiger partial charge in [0.25, 0.3) is 5.91 Å². The summed E-state index contributed by atoms with van der Waals surface area (Å²) in [7, 11) is 0. The van der Waals surface area contributed by atoms with E-state index in [1.807, 2.05) is 13.8 Å². The lowest BCUT2D eigenvalue weighted by atomic mass is 10.2. The van der Waals surface area contributed by atoms with E-state index in [-0.39, 0.29) is 5.91 Å². The van der Waals surface area contributed by atoms with Crippen LogP contribution in [-0.4, -0.2) is 22.6 Å². The largest absolute Gasteiger partial charge is 0.370 e. The summed E-state index contributed by atoms with van der Waals surface area (Å²) in [6.45, 7) is 7.00. The predicted molar refractivity (Wildman–Crippen MR) is 80.2 cm³/mol. The van der Waals surface area contributed by atoms with Crippen LogP contribution in [0.4, 0.5) is 5.82 Å². The zero-order valence-electron chi connectivity index (χ0n) is 12.6. The molecule has 21 heavy (non-hydrogen) atoms. The van der Waals surface area contributed by atoms with Crippen molar-refractivity contribution in [2.75, 3.05) is 11.9 Å². The van der Waals surface area contributed by atoms with E-state index in [4.69, 9.17) is 4.52 Å². The Morgan fingerprint density at radius 1 is 1.38 bits per heavy atom. The maximum atomic E-state index is 12.2. The van der Waals surface area contributed by atoms with Gasteiger partial charge in [-0.1, -0.05) is 12.1 Å². The first-order chi connectivity index (χ1) is 10.1. The number of nitrogens with zero attached hydrogens (tertiary/aromatic N) is 2. The van der Waals surface area contributed by atoms with E-state index in [1.54, 1.807) is 18.3 Å². The third kappa shape index (κ3) is 3.81. The van der Waals surface area contributed by atoms with E-state index < -0.39 is 0 Å². The molecule has 2 N–H and O–H groups in total. The summed E-state index contributed by atoms with van der Waals surface area (Å²) in [5.74, 6) is 1.30. The minimum atomic E-state index is -0.142. The van der Waals surface area contributed by atoms with Crippen LogP contribution in [-0.2, 0) is 6.54 Å². The van der Waals surface area contributed by atoms with Crippen molar-refractivity contribution in [3.63, 3.8) is 0 Å². The van der Waals surface area contributed by atoms with Gasteiger partial charge in [0, 0.05) is 30.4 Å². The SMILES string of the molecule is CCCNc1cc(C(=O)NCc2c(C)noc2C)ccn1. The van der Waals surface area contributed by atoms with Gasteiger partial charge in [0.05, 0.1) is 5.69 Å². The maximum Gasteiger partial charge on any atom is 0.251 e. The number of carbonyl (C=O) groups is 1. The van der Waals surface area contributed by atoms with Crippen molar-refractivity contribution in [1.82, 2.24) is 15.5 Å². The van der Waals surface area contributed by atoms with Gasteiger partial charge in [0.15, 0.2) is 0 Å². The molecule has 0 atom stereocenters. The van der Waals surface area contributed by atoms with Gasteiger partial charge in [0.2, 0.25) is 0 Å². The van der Waals surface area contributed by atoms with Crippen LogP contribution in [0.5, 0.6) is 0 Å². The number of rotatable bonds is 6. The van der Waals surface area contributed by atoms with E-state index in [0.29, 0.717) is 17.9 Å². The fraction of sp³-hybridized carbons (Fsp3) is 0.400. The van der Waals surface area contributed by atoms with E-state index in [1.165, 1.54) is 0 Å². The van der Waals surface area contributed by atoms with Crippen molar-refractivity contribution in [3.05, 3.63) is 40.9 Å². The summed E-state index contributed by atoms with van der Waals surface area (Å²) in [5.41, 5.74) is 2.30. The number of pyridine rings is 1. The van der Waals surface area contributed by atoms with E-state index in [0.717, 1.165) is 30.0 Å². The minimum Gasteiger partial charge on any atom is -0.370 e. The van der Waals surface area contributed by atoms with Gasteiger partial charge >= 0.3 is 0 Å². The third-order valence-electron chi connectivity index (χ3n) is 3.19. The molecule has 0 radical (unpaired) electrons. The zero-order chi connectivity index (χ0) is 15.2. The molecule has 1 amide bonds. The molecule has 0 aliphatic rings. The molecule has 0 saturated heterocycles. The Bertz CT molecular complexity index is 602. The van der Waals surface area contributed by atoms with E-state index in [2.05, 4.69) is 27.7 Å². The molecule has 0 spiro atoms. The number of hydrogen-bond donors (Lipinski definition) is 2. The zero-order valence-corrected chi connectivity index (χ0v) is 12.6. The first-order valence-corrected chi connectivity index (χ1v) is 7.01. The van der Waals surface area contributed by atoms with Crippen molar-refractivity contribution < 1.29 is 9.32 Å². The molecule has 0 fully saturated rings. The van der Waals surface area contributed by atoms with Crippen LogP contribution < -0.4 is 10.6 Å². The van der Waals surface area contributed by atoms with Crippen LogP contribution in [0, 0.1) is 13.8 Å². The molecule has 0 saturated carbocycles. The molecule has 6 nitrogen and oxygen atoms in total. The van der Waals surface area contributed by atoms with Gasteiger partial charge < -0.3 is 15.2 Å². The Hall–Kier alpha value is -2.37. The van der Waals surface area contributed by atoms with Crippen LogP contribution in [0.25, 0.3) is 0 Å². The Morgan fingerprint density at radius 3 is 2.86 bits per heavy atom. The molecule has 0 aromatic carbocycles. The second kappa shape index (κ2) is 6.88. The Kier molecular flexibility index (Phi) is 4.92. The number of nitrogens with one attached hydrogen (secondary N) is 2. The molecule has 112 valence electrons. The molecule has 0 aliphatic carbocycles. The molecule has 0 bridgehead atoms. The number of aryl methyl sites for hydroxylation is 2. The molecule has 2 heterocycles. The van der Waals surface area contributed by atoms with Gasteiger partial charge in [-0.05, 0) is 32.4 Å². The molecular weight excluding hydrogens is 268 g/mol. The summed E-state index contributed by atoms with van der Waals surface area (Å²) in [6, 6.07) is 3.44. The second-order valence-electron chi connectivity index (χ2n) is 4.84. The van der Waals surface area contributed by atoms with Gasteiger partial charge in [-0.25, -0.2) is 4.98 Å². The van der Waals surface area contributed by atoms with Crippen molar-refractivity contribution in [3.8, 4) is 0 Å². The first kappa shape index (κ1) is 15.0. The minimum absolute atomic E-state index is 0.142. The van der Waals surface area contributed by atoms with Gasteiger partial charge in [-0.15, -0.1) is 0 Å².